The highest BCUT2D eigenvalue weighted by molar-refractivity contribution is 5.89. The number of carbonyl (C=O) groups excluding carboxylic acids is 1. The zero-order valence-corrected chi connectivity index (χ0v) is 13.0. The maximum atomic E-state index is 12.2. The highest BCUT2D eigenvalue weighted by Crippen LogP contribution is 2.22. The lowest BCUT2D eigenvalue weighted by Gasteiger charge is -2.21. The van der Waals surface area contributed by atoms with Crippen LogP contribution in [0.4, 0.5) is 10.5 Å². The molecular weight excluding hydrogens is 268 g/mol. The summed E-state index contributed by atoms with van der Waals surface area (Å²) in [4.78, 5) is 13.8. The Kier molecular flexibility index (Phi) is 5.44. The molecule has 0 bridgehead atoms. The molecule has 1 aliphatic heterocycles. The molecule has 0 radical (unpaired) electrons. The molecule has 5 nitrogen and oxygen atoms in total. The first-order valence-electron chi connectivity index (χ1n) is 7.47. The second-order valence-corrected chi connectivity index (χ2v) is 5.36. The van der Waals surface area contributed by atoms with Crippen LogP contribution in [0.1, 0.15) is 25.3 Å². The average molecular weight is 292 g/mol. The van der Waals surface area contributed by atoms with E-state index in [1.165, 1.54) is 0 Å². The fraction of sp³-hybridized carbons (Fsp3) is 0.562. The van der Waals surface area contributed by atoms with Crippen molar-refractivity contribution in [1.29, 1.82) is 0 Å². The first-order valence-corrected chi connectivity index (χ1v) is 7.47. The van der Waals surface area contributed by atoms with E-state index in [0.717, 1.165) is 36.4 Å². The van der Waals surface area contributed by atoms with Gasteiger partial charge < -0.3 is 19.7 Å². The Morgan fingerprint density at radius 3 is 2.95 bits per heavy atom. The fourth-order valence-electron chi connectivity index (χ4n) is 2.44. The van der Waals surface area contributed by atoms with E-state index >= 15 is 0 Å². The van der Waals surface area contributed by atoms with Crippen LogP contribution >= 0.6 is 0 Å². The average Bonchev–Trinajstić information content (AvgIpc) is 2.95. The Morgan fingerprint density at radius 1 is 1.52 bits per heavy atom. The van der Waals surface area contributed by atoms with E-state index in [4.69, 9.17) is 9.47 Å². The molecule has 2 rings (SSSR count). The molecule has 1 aromatic carbocycles. The third kappa shape index (κ3) is 4.36. The molecule has 0 aliphatic carbocycles. The van der Waals surface area contributed by atoms with Gasteiger partial charge in [0.25, 0.3) is 0 Å². The number of hydrogen-bond donors (Lipinski definition) is 1. The highest BCUT2D eigenvalue weighted by Gasteiger charge is 2.20. The molecule has 1 heterocycles. The third-order valence-electron chi connectivity index (χ3n) is 3.57. The molecule has 2 amide bonds. The van der Waals surface area contributed by atoms with Crippen molar-refractivity contribution in [1.82, 2.24) is 4.90 Å². The summed E-state index contributed by atoms with van der Waals surface area (Å²) in [6, 6.07) is 5.54. The first-order chi connectivity index (χ1) is 10.1. The van der Waals surface area contributed by atoms with Crippen LogP contribution in [-0.2, 0) is 4.74 Å². The summed E-state index contributed by atoms with van der Waals surface area (Å²) in [6.07, 6.45) is 2.28. The maximum absolute atomic E-state index is 12.2. The second kappa shape index (κ2) is 7.31. The van der Waals surface area contributed by atoms with Crippen LogP contribution in [0.15, 0.2) is 18.2 Å². The van der Waals surface area contributed by atoms with Gasteiger partial charge in [0.15, 0.2) is 0 Å². The molecule has 1 fully saturated rings. The van der Waals surface area contributed by atoms with Gasteiger partial charge in [-0.2, -0.15) is 0 Å². The van der Waals surface area contributed by atoms with E-state index < -0.39 is 0 Å². The molecule has 116 valence electrons. The van der Waals surface area contributed by atoms with Crippen molar-refractivity contribution in [2.24, 2.45) is 0 Å². The van der Waals surface area contributed by atoms with Crippen molar-refractivity contribution in [3.8, 4) is 5.75 Å². The predicted octanol–water partition coefficient (Wildman–Crippen LogP) is 3.04. The van der Waals surface area contributed by atoms with E-state index in [1.807, 2.05) is 32.0 Å². The van der Waals surface area contributed by atoms with Gasteiger partial charge in [-0.05, 0) is 50.5 Å². The number of benzene rings is 1. The van der Waals surface area contributed by atoms with Gasteiger partial charge in [-0.15, -0.1) is 0 Å². The van der Waals surface area contributed by atoms with Crippen LogP contribution in [0.5, 0.6) is 5.75 Å². The van der Waals surface area contributed by atoms with Gasteiger partial charge in [0.2, 0.25) is 0 Å². The molecule has 0 saturated carbocycles. The van der Waals surface area contributed by atoms with E-state index in [2.05, 4.69) is 5.32 Å². The standard InChI is InChI=1S/C16H24N2O3/c1-4-20-15-8-7-13(10-12(15)2)17-16(19)18(3)11-14-6-5-9-21-14/h7-8,10,14H,4-6,9,11H2,1-3H3,(H,17,19)/t14-/m1/s1. The fourth-order valence-corrected chi connectivity index (χ4v) is 2.44. The van der Waals surface area contributed by atoms with Crippen LogP contribution in [0, 0.1) is 6.92 Å². The number of anilines is 1. The summed E-state index contributed by atoms with van der Waals surface area (Å²) < 4.78 is 11.0. The minimum absolute atomic E-state index is 0.117. The largest absolute Gasteiger partial charge is 0.494 e. The summed E-state index contributed by atoms with van der Waals surface area (Å²) >= 11 is 0. The number of hydrogen-bond acceptors (Lipinski definition) is 3. The third-order valence-corrected chi connectivity index (χ3v) is 3.57. The zero-order chi connectivity index (χ0) is 15.2. The van der Waals surface area contributed by atoms with E-state index in [-0.39, 0.29) is 12.1 Å². The Balaban J connectivity index is 1.90. The number of carbonyl (C=O) groups is 1. The van der Waals surface area contributed by atoms with Gasteiger partial charge in [-0.1, -0.05) is 0 Å². The molecule has 1 aromatic rings. The van der Waals surface area contributed by atoms with Gasteiger partial charge >= 0.3 is 6.03 Å². The molecule has 1 N–H and O–H groups in total. The Labute approximate surface area is 126 Å². The number of amides is 2. The summed E-state index contributed by atoms with van der Waals surface area (Å²) in [5, 5.41) is 2.90. The maximum Gasteiger partial charge on any atom is 0.321 e. The summed E-state index contributed by atoms with van der Waals surface area (Å²) in [6.45, 7) is 5.99. The lowest BCUT2D eigenvalue weighted by Crippen LogP contribution is -2.37. The number of ether oxygens (including phenoxy) is 2. The van der Waals surface area contributed by atoms with Crippen LogP contribution < -0.4 is 10.1 Å². The summed E-state index contributed by atoms with van der Waals surface area (Å²) in [7, 11) is 1.79. The Morgan fingerprint density at radius 2 is 2.33 bits per heavy atom. The number of likely N-dealkylation sites (N-methyl/N-ethyl adjacent to an activating group) is 1. The lowest BCUT2D eigenvalue weighted by atomic mass is 10.2. The van der Waals surface area contributed by atoms with Gasteiger partial charge in [-0.25, -0.2) is 4.79 Å². The minimum atomic E-state index is -0.117. The van der Waals surface area contributed by atoms with E-state index in [0.29, 0.717) is 13.2 Å². The number of aryl methyl sites for hydroxylation is 1. The van der Waals surface area contributed by atoms with E-state index in [1.54, 1.807) is 11.9 Å². The number of nitrogens with one attached hydrogen (secondary N) is 1. The van der Waals surface area contributed by atoms with E-state index in [9.17, 15) is 4.79 Å². The molecule has 0 spiro atoms. The summed E-state index contributed by atoms with van der Waals surface area (Å²) in [5.41, 5.74) is 1.79. The van der Waals surface area contributed by atoms with Crippen molar-refractivity contribution in [2.45, 2.75) is 32.8 Å². The minimum Gasteiger partial charge on any atom is -0.494 e. The number of rotatable bonds is 5. The van der Waals surface area contributed by atoms with Crippen LogP contribution in [0.2, 0.25) is 0 Å². The van der Waals surface area contributed by atoms with Crippen LogP contribution in [0.25, 0.3) is 0 Å². The van der Waals surface area contributed by atoms with Crippen molar-refractivity contribution in [3.05, 3.63) is 23.8 Å². The normalized spacial score (nSPS) is 17.6. The van der Waals surface area contributed by atoms with Crippen molar-refractivity contribution in [2.75, 3.05) is 32.1 Å². The predicted molar refractivity (Wildman–Crippen MR) is 83.0 cm³/mol. The van der Waals surface area contributed by atoms with Gasteiger partial charge in [0.05, 0.1) is 12.7 Å². The Bertz CT molecular complexity index is 484. The van der Waals surface area contributed by atoms with Gasteiger partial charge in [-0.3, -0.25) is 0 Å². The molecule has 1 atom stereocenters. The van der Waals surface area contributed by atoms with Crippen LogP contribution in [-0.4, -0.2) is 43.8 Å². The topological polar surface area (TPSA) is 50.8 Å². The molecule has 21 heavy (non-hydrogen) atoms. The molecule has 1 aliphatic rings. The number of nitrogens with zero attached hydrogens (tertiary/aromatic N) is 1. The lowest BCUT2D eigenvalue weighted by molar-refractivity contribution is 0.0894. The van der Waals surface area contributed by atoms with Gasteiger partial charge in [0, 0.05) is 25.9 Å². The number of urea groups is 1. The highest BCUT2D eigenvalue weighted by atomic mass is 16.5. The van der Waals surface area contributed by atoms with Crippen molar-refractivity contribution in [3.63, 3.8) is 0 Å². The second-order valence-electron chi connectivity index (χ2n) is 5.36. The first kappa shape index (κ1) is 15.6. The van der Waals surface area contributed by atoms with Crippen LogP contribution in [0.3, 0.4) is 0 Å². The van der Waals surface area contributed by atoms with Gasteiger partial charge in [0.1, 0.15) is 5.75 Å². The molecule has 0 unspecified atom stereocenters. The molecule has 0 aromatic heterocycles. The quantitative estimate of drug-likeness (QED) is 0.907. The smallest absolute Gasteiger partial charge is 0.321 e. The summed E-state index contributed by atoms with van der Waals surface area (Å²) in [5.74, 6) is 0.850. The SMILES string of the molecule is CCOc1ccc(NC(=O)N(C)C[C@H]2CCCO2)cc1C. The molecular formula is C16H24N2O3. The van der Waals surface area contributed by atoms with Crippen molar-refractivity contribution < 1.29 is 14.3 Å². The van der Waals surface area contributed by atoms with Crippen molar-refractivity contribution >= 4 is 11.7 Å². The molecule has 5 heteroatoms. The molecule has 1 saturated heterocycles. The Hall–Kier alpha value is -1.75. The zero-order valence-electron chi connectivity index (χ0n) is 13.0. The monoisotopic (exact) mass is 292 g/mol.